The molecule has 0 aromatic carbocycles. The summed E-state index contributed by atoms with van der Waals surface area (Å²) < 4.78 is 2.13. The molecule has 5 nitrogen and oxygen atoms in total. The lowest BCUT2D eigenvalue weighted by atomic mass is 10.4. The fourth-order valence-corrected chi connectivity index (χ4v) is 2.09. The maximum Gasteiger partial charge on any atom is 0.147 e. The topological polar surface area (TPSA) is 54.2 Å². The van der Waals surface area contributed by atoms with E-state index < -0.39 is 0 Å². The largest absolute Gasteiger partial charge is 0.395 e. The predicted octanol–water partition coefficient (Wildman–Crippen LogP) is 0.563. The van der Waals surface area contributed by atoms with Gasteiger partial charge in [0.2, 0.25) is 0 Å². The van der Waals surface area contributed by atoms with Crippen molar-refractivity contribution in [3.05, 3.63) is 11.6 Å². The Kier molecular flexibility index (Phi) is 3.56. The molecular formula is C11H20N4O. The summed E-state index contributed by atoms with van der Waals surface area (Å²) in [5, 5.41) is 17.4. The lowest BCUT2D eigenvalue weighted by Gasteiger charge is -2.20. The molecule has 1 saturated carbocycles. The highest BCUT2D eigenvalue weighted by Gasteiger charge is 2.29. The molecule has 0 radical (unpaired) electrons. The number of aryl methyl sites for hydroxylation is 1. The molecule has 1 aromatic rings. The van der Waals surface area contributed by atoms with Gasteiger partial charge in [0.15, 0.2) is 0 Å². The van der Waals surface area contributed by atoms with Gasteiger partial charge in [0.25, 0.3) is 0 Å². The van der Waals surface area contributed by atoms with Crippen molar-refractivity contribution < 1.29 is 5.11 Å². The lowest BCUT2D eigenvalue weighted by Crippen LogP contribution is -2.30. The van der Waals surface area contributed by atoms with E-state index in [0.717, 1.165) is 31.3 Å². The van der Waals surface area contributed by atoms with Gasteiger partial charge in [-0.25, -0.2) is 0 Å². The third-order valence-corrected chi connectivity index (χ3v) is 3.12. The summed E-state index contributed by atoms with van der Waals surface area (Å²) in [5.41, 5.74) is 0. The van der Waals surface area contributed by atoms with Gasteiger partial charge in [-0.3, -0.25) is 4.90 Å². The number of aliphatic hydroxyl groups excluding tert-OH is 1. The predicted molar refractivity (Wildman–Crippen MR) is 61.0 cm³/mol. The third kappa shape index (κ3) is 2.41. The monoisotopic (exact) mass is 224 g/mol. The van der Waals surface area contributed by atoms with Crippen molar-refractivity contribution in [3.63, 3.8) is 0 Å². The minimum Gasteiger partial charge on any atom is -0.395 e. The Balaban J connectivity index is 2.05. The van der Waals surface area contributed by atoms with Crippen LogP contribution in [0.4, 0.5) is 0 Å². The van der Waals surface area contributed by atoms with Gasteiger partial charge < -0.3 is 9.67 Å². The molecule has 0 atom stereocenters. The Labute approximate surface area is 96.1 Å². The first-order valence-electron chi connectivity index (χ1n) is 5.99. The molecule has 1 aliphatic carbocycles. The average Bonchev–Trinajstić information content (AvgIpc) is 3.04. The summed E-state index contributed by atoms with van der Waals surface area (Å²) in [6.07, 6.45) is 2.50. The summed E-state index contributed by atoms with van der Waals surface area (Å²) in [6, 6.07) is 0.648. The molecule has 0 amide bonds. The van der Waals surface area contributed by atoms with Gasteiger partial charge in [-0.05, 0) is 26.7 Å². The summed E-state index contributed by atoms with van der Waals surface area (Å²) in [4.78, 5) is 2.30. The van der Waals surface area contributed by atoms with Crippen LogP contribution in [-0.2, 0) is 13.1 Å². The maximum atomic E-state index is 9.04. The van der Waals surface area contributed by atoms with Crippen molar-refractivity contribution in [2.45, 2.75) is 45.8 Å². The van der Waals surface area contributed by atoms with Crippen molar-refractivity contribution >= 4 is 0 Å². The summed E-state index contributed by atoms with van der Waals surface area (Å²) in [5.74, 6) is 1.98. The molecule has 16 heavy (non-hydrogen) atoms. The van der Waals surface area contributed by atoms with Crippen molar-refractivity contribution in [1.82, 2.24) is 19.7 Å². The molecule has 1 aliphatic rings. The van der Waals surface area contributed by atoms with Gasteiger partial charge in [-0.1, -0.05) is 0 Å². The van der Waals surface area contributed by atoms with E-state index in [9.17, 15) is 0 Å². The second-order valence-electron chi connectivity index (χ2n) is 4.33. The first kappa shape index (κ1) is 11.5. The maximum absolute atomic E-state index is 9.04. The van der Waals surface area contributed by atoms with Crippen LogP contribution < -0.4 is 0 Å². The van der Waals surface area contributed by atoms with E-state index in [-0.39, 0.29) is 6.61 Å². The number of rotatable bonds is 6. The van der Waals surface area contributed by atoms with Crippen LogP contribution in [0.2, 0.25) is 0 Å². The van der Waals surface area contributed by atoms with Crippen molar-refractivity contribution in [1.29, 1.82) is 0 Å². The number of hydrogen-bond donors (Lipinski definition) is 1. The van der Waals surface area contributed by atoms with Crippen LogP contribution in [0.3, 0.4) is 0 Å². The van der Waals surface area contributed by atoms with E-state index >= 15 is 0 Å². The fourth-order valence-electron chi connectivity index (χ4n) is 2.09. The van der Waals surface area contributed by atoms with E-state index in [1.54, 1.807) is 0 Å². The lowest BCUT2D eigenvalue weighted by molar-refractivity contribution is 0.178. The zero-order valence-electron chi connectivity index (χ0n) is 10.1. The smallest absolute Gasteiger partial charge is 0.147 e. The van der Waals surface area contributed by atoms with Crippen molar-refractivity contribution in [3.8, 4) is 0 Å². The minimum absolute atomic E-state index is 0.218. The van der Waals surface area contributed by atoms with Gasteiger partial charge in [-0.2, -0.15) is 0 Å². The number of nitrogens with zero attached hydrogens (tertiary/aromatic N) is 4. The standard InChI is InChI=1S/C11H20N4O/c1-3-15-9(2)12-13-11(15)8-14(6-7-16)10-4-5-10/h10,16H,3-8H2,1-2H3. The van der Waals surface area contributed by atoms with Crippen molar-refractivity contribution in [2.24, 2.45) is 0 Å². The molecule has 90 valence electrons. The summed E-state index contributed by atoms with van der Waals surface area (Å²) in [7, 11) is 0. The molecule has 0 spiro atoms. The van der Waals surface area contributed by atoms with E-state index in [1.165, 1.54) is 12.8 Å². The molecule has 0 aliphatic heterocycles. The van der Waals surface area contributed by atoms with Crippen molar-refractivity contribution in [2.75, 3.05) is 13.2 Å². The highest BCUT2D eigenvalue weighted by molar-refractivity contribution is 4.96. The molecule has 1 fully saturated rings. The quantitative estimate of drug-likeness (QED) is 0.767. The van der Waals surface area contributed by atoms with Crippen LogP contribution in [0, 0.1) is 6.92 Å². The molecule has 0 saturated heterocycles. The highest BCUT2D eigenvalue weighted by atomic mass is 16.3. The summed E-state index contributed by atoms with van der Waals surface area (Å²) >= 11 is 0. The van der Waals surface area contributed by atoms with Gasteiger partial charge >= 0.3 is 0 Å². The van der Waals surface area contributed by atoms with Crippen LogP contribution in [0.1, 0.15) is 31.4 Å². The molecule has 1 heterocycles. The highest BCUT2D eigenvalue weighted by Crippen LogP contribution is 2.27. The van der Waals surface area contributed by atoms with Gasteiger partial charge in [0.05, 0.1) is 13.2 Å². The minimum atomic E-state index is 0.218. The number of hydrogen-bond acceptors (Lipinski definition) is 4. The van der Waals surface area contributed by atoms with Gasteiger partial charge in [0, 0.05) is 19.1 Å². The molecule has 0 unspecified atom stereocenters. The number of aliphatic hydroxyl groups is 1. The molecule has 5 heteroatoms. The van der Waals surface area contributed by atoms with Crippen LogP contribution in [0.5, 0.6) is 0 Å². The molecule has 0 bridgehead atoms. The van der Waals surface area contributed by atoms with E-state index in [2.05, 4.69) is 26.6 Å². The Bertz CT molecular complexity index is 346. The normalized spacial score (nSPS) is 16.0. The first-order valence-corrected chi connectivity index (χ1v) is 5.99. The van der Waals surface area contributed by atoms with E-state index in [1.807, 2.05) is 6.92 Å². The fraction of sp³-hybridized carbons (Fsp3) is 0.818. The van der Waals surface area contributed by atoms with Crippen LogP contribution in [-0.4, -0.2) is 44.0 Å². The Morgan fingerprint density at radius 2 is 2.19 bits per heavy atom. The zero-order valence-corrected chi connectivity index (χ0v) is 10.1. The van der Waals surface area contributed by atoms with Gasteiger partial charge in [-0.15, -0.1) is 10.2 Å². The second-order valence-corrected chi connectivity index (χ2v) is 4.33. The van der Waals surface area contributed by atoms with Crippen LogP contribution in [0.25, 0.3) is 0 Å². The molecule has 1 aromatic heterocycles. The average molecular weight is 224 g/mol. The zero-order chi connectivity index (χ0) is 11.5. The van der Waals surface area contributed by atoms with E-state index in [0.29, 0.717) is 6.04 Å². The second kappa shape index (κ2) is 4.93. The first-order chi connectivity index (χ1) is 7.76. The number of aromatic nitrogens is 3. The molecular weight excluding hydrogens is 204 g/mol. The van der Waals surface area contributed by atoms with Crippen LogP contribution >= 0.6 is 0 Å². The summed E-state index contributed by atoms with van der Waals surface area (Å²) in [6.45, 7) is 6.75. The van der Waals surface area contributed by atoms with Crippen LogP contribution in [0.15, 0.2) is 0 Å². The Morgan fingerprint density at radius 3 is 2.75 bits per heavy atom. The Morgan fingerprint density at radius 1 is 1.44 bits per heavy atom. The SMILES string of the molecule is CCn1c(C)nnc1CN(CCO)C1CC1. The molecule has 2 rings (SSSR count). The molecule has 1 N–H and O–H groups in total. The Hall–Kier alpha value is -0.940. The third-order valence-electron chi connectivity index (χ3n) is 3.12. The van der Waals surface area contributed by atoms with E-state index in [4.69, 9.17) is 5.11 Å². The van der Waals surface area contributed by atoms with Gasteiger partial charge in [0.1, 0.15) is 11.6 Å².